The highest BCUT2D eigenvalue weighted by Gasteiger charge is 2.39. The van der Waals surface area contributed by atoms with Crippen LogP contribution in [0.3, 0.4) is 0 Å². The van der Waals surface area contributed by atoms with E-state index in [0.717, 1.165) is 30.3 Å². The van der Waals surface area contributed by atoms with Gasteiger partial charge in [-0.2, -0.15) is 39.5 Å². The van der Waals surface area contributed by atoms with Crippen LogP contribution in [0.15, 0.2) is 54.6 Å². The molecule has 0 amide bonds. The predicted molar refractivity (Wildman–Crippen MR) is 103 cm³/mol. The summed E-state index contributed by atoms with van der Waals surface area (Å²) in [5.74, 6) is -3.51. The summed E-state index contributed by atoms with van der Waals surface area (Å²) in [6.07, 6.45) is -15.1. The van der Waals surface area contributed by atoms with Crippen LogP contribution in [-0.4, -0.2) is 0 Å². The maximum Gasteiger partial charge on any atom is 0.420 e. The molecule has 0 aliphatic heterocycles. The van der Waals surface area contributed by atoms with Crippen molar-refractivity contribution in [2.75, 3.05) is 11.5 Å². The van der Waals surface area contributed by atoms with Gasteiger partial charge in [0, 0.05) is 11.4 Å². The first-order valence-corrected chi connectivity index (χ1v) is 9.06. The summed E-state index contributed by atoms with van der Waals surface area (Å²) in [5, 5.41) is 0. The van der Waals surface area contributed by atoms with E-state index in [1.54, 1.807) is 0 Å². The molecule has 0 unspecified atom stereocenters. The highest BCUT2D eigenvalue weighted by Crippen LogP contribution is 2.45. The maximum absolute atomic E-state index is 13.6. The molecule has 0 aliphatic carbocycles. The second-order valence-corrected chi connectivity index (χ2v) is 6.87. The molecule has 13 heteroatoms. The maximum atomic E-state index is 13.6. The fourth-order valence-corrected chi connectivity index (χ4v) is 2.84. The molecule has 0 spiro atoms. The minimum Gasteiger partial charge on any atom is -0.457 e. The first-order chi connectivity index (χ1) is 15.6. The molecular weight excluding hydrogens is 483 g/mol. The Bertz CT molecular complexity index is 1200. The molecule has 0 radical (unpaired) electrons. The Kier molecular flexibility index (Phi) is 6.24. The van der Waals surface area contributed by atoms with Crippen molar-refractivity contribution in [1.29, 1.82) is 0 Å². The van der Waals surface area contributed by atoms with Crippen molar-refractivity contribution in [3.63, 3.8) is 0 Å². The number of alkyl halides is 9. The van der Waals surface area contributed by atoms with Gasteiger partial charge in [0.15, 0.2) is 0 Å². The second-order valence-electron chi connectivity index (χ2n) is 6.87. The number of halogens is 9. The summed E-state index contributed by atoms with van der Waals surface area (Å²) in [4.78, 5) is 0. The number of nitrogens with two attached hydrogens (primary N) is 2. The van der Waals surface area contributed by atoms with Crippen molar-refractivity contribution in [3.05, 3.63) is 71.3 Å². The predicted octanol–water partition coefficient (Wildman–Crippen LogP) is 7.49. The fourth-order valence-electron chi connectivity index (χ4n) is 2.84. The van der Waals surface area contributed by atoms with E-state index in [1.807, 2.05) is 0 Å². The molecule has 0 heterocycles. The third-order valence-electron chi connectivity index (χ3n) is 4.32. The molecule has 3 aromatic rings. The summed E-state index contributed by atoms with van der Waals surface area (Å²) in [7, 11) is 0. The van der Waals surface area contributed by atoms with E-state index in [-0.39, 0.29) is 11.4 Å². The largest absolute Gasteiger partial charge is 0.457 e. The Balaban J connectivity index is 2.04. The Morgan fingerprint density at radius 3 is 1.24 bits per heavy atom. The van der Waals surface area contributed by atoms with Gasteiger partial charge in [-0.3, -0.25) is 0 Å². The Hall–Kier alpha value is -3.77. The van der Waals surface area contributed by atoms with Crippen molar-refractivity contribution in [2.24, 2.45) is 0 Å². The van der Waals surface area contributed by atoms with Gasteiger partial charge in [-0.25, -0.2) is 0 Å². The van der Waals surface area contributed by atoms with E-state index in [2.05, 4.69) is 0 Å². The van der Waals surface area contributed by atoms with E-state index in [1.165, 1.54) is 0 Å². The molecule has 0 bridgehead atoms. The van der Waals surface area contributed by atoms with Gasteiger partial charge in [0.2, 0.25) is 0 Å². The first-order valence-electron chi connectivity index (χ1n) is 9.06. The van der Waals surface area contributed by atoms with Crippen LogP contribution < -0.4 is 20.9 Å². The molecule has 0 aromatic heterocycles. The lowest BCUT2D eigenvalue weighted by Gasteiger charge is -2.19. The molecule has 0 saturated carbocycles. The number of benzene rings is 3. The zero-order chi connectivity index (χ0) is 25.5. The zero-order valence-corrected chi connectivity index (χ0v) is 16.6. The van der Waals surface area contributed by atoms with Crippen LogP contribution in [0.25, 0.3) is 0 Å². The van der Waals surface area contributed by atoms with Crippen LogP contribution in [0.5, 0.6) is 23.0 Å². The molecule has 34 heavy (non-hydrogen) atoms. The number of anilines is 2. The van der Waals surface area contributed by atoms with E-state index < -0.39 is 58.2 Å². The lowest BCUT2D eigenvalue weighted by Crippen LogP contribution is -2.11. The van der Waals surface area contributed by atoms with E-state index in [9.17, 15) is 39.5 Å². The average molecular weight is 496 g/mol. The normalized spacial score (nSPS) is 12.5. The van der Waals surface area contributed by atoms with Crippen LogP contribution in [0, 0.1) is 0 Å². The minimum atomic E-state index is -5.16. The summed E-state index contributed by atoms with van der Waals surface area (Å²) in [6.45, 7) is 0. The van der Waals surface area contributed by atoms with Crippen molar-refractivity contribution < 1.29 is 49.0 Å². The van der Waals surface area contributed by atoms with Crippen LogP contribution in [0.4, 0.5) is 50.9 Å². The van der Waals surface area contributed by atoms with E-state index in [0.29, 0.717) is 24.3 Å². The number of nitrogen functional groups attached to an aromatic ring is 2. The topological polar surface area (TPSA) is 70.5 Å². The van der Waals surface area contributed by atoms with Gasteiger partial charge in [0.1, 0.15) is 39.7 Å². The molecule has 0 atom stereocenters. The standard InChI is InChI=1S/C21H13F9N2O2/c22-19(23,24)13-7-10(31)1-4-16(13)33-12-3-6-18(15(9-12)21(28,29)30)34-17-5-2-11(32)8-14(17)20(25,26)27/h1-9H,31-32H2. The Labute approximate surface area is 185 Å². The zero-order valence-electron chi connectivity index (χ0n) is 16.6. The lowest BCUT2D eigenvalue weighted by molar-refractivity contribution is -0.140. The van der Waals surface area contributed by atoms with Gasteiger partial charge in [0.25, 0.3) is 0 Å². The van der Waals surface area contributed by atoms with Gasteiger partial charge in [-0.1, -0.05) is 0 Å². The molecule has 0 fully saturated rings. The van der Waals surface area contributed by atoms with Crippen molar-refractivity contribution in [2.45, 2.75) is 18.5 Å². The Morgan fingerprint density at radius 1 is 0.471 bits per heavy atom. The summed E-state index contributed by atoms with van der Waals surface area (Å²) >= 11 is 0. The Morgan fingerprint density at radius 2 is 0.824 bits per heavy atom. The minimum absolute atomic E-state index is 0.261. The molecule has 0 saturated heterocycles. The van der Waals surface area contributed by atoms with E-state index in [4.69, 9.17) is 20.9 Å². The van der Waals surface area contributed by atoms with Gasteiger partial charge in [-0.15, -0.1) is 0 Å². The van der Waals surface area contributed by atoms with Crippen LogP contribution >= 0.6 is 0 Å². The van der Waals surface area contributed by atoms with Gasteiger partial charge in [-0.05, 0) is 54.6 Å². The molecule has 3 rings (SSSR count). The SMILES string of the molecule is Nc1ccc(Oc2ccc(Oc3ccc(N)cc3C(F)(F)F)c(C(F)(F)F)c2)c(C(F)(F)F)c1. The molecular formula is C21H13F9N2O2. The molecule has 0 aliphatic rings. The lowest BCUT2D eigenvalue weighted by atomic mass is 10.1. The third-order valence-corrected chi connectivity index (χ3v) is 4.32. The van der Waals surface area contributed by atoms with Gasteiger partial charge < -0.3 is 20.9 Å². The first kappa shape index (κ1) is 24.9. The summed E-state index contributed by atoms with van der Waals surface area (Å²) in [6, 6.07) is 6.37. The summed E-state index contributed by atoms with van der Waals surface area (Å²) in [5.41, 5.74) is 5.76. The quantitative estimate of drug-likeness (QED) is 0.290. The molecule has 4 N–H and O–H groups in total. The van der Waals surface area contributed by atoms with Crippen LogP contribution in [0.2, 0.25) is 0 Å². The van der Waals surface area contributed by atoms with Crippen LogP contribution in [-0.2, 0) is 18.5 Å². The van der Waals surface area contributed by atoms with Crippen LogP contribution in [0.1, 0.15) is 16.7 Å². The van der Waals surface area contributed by atoms with E-state index >= 15 is 0 Å². The molecule has 4 nitrogen and oxygen atoms in total. The van der Waals surface area contributed by atoms with Gasteiger partial charge >= 0.3 is 18.5 Å². The highest BCUT2D eigenvalue weighted by atomic mass is 19.4. The molecule has 3 aromatic carbocycles. The van der Waals surface area contributed by atoms with Crippen molar-refractivity contribution in [3.8, 4) is 23.0 Å². The third kappa shape index (κ3) is 5.58. The molecule has 182 valence electrons. The van der Waals surface area contributed by atoms with Gasteiger partial charge in [0.05, 0.1) is 0 Å². The monoisotopic (exact) mass is 496 g/mol. The fraction of sp³-hybridized carbons (Fsp3) is 0.143. The number of hydrogen-bond donors (Lipinski definition) is 2. The number of ether oxygens (including phenoxy) is 2. The van der Waals surface area contributed by atoms with Crippen molar-refractivity contribution in [1.82, 2.24) is 0 Å². The average Bonchev–Trinajstić information content (AvgIpc) is 2.69. The second kappa shape index (κ2) is 8.54. The number of hydrogen-bond acceptors (Lipinski definition) is 4. The smallest absolute Gasteiger partial charge is 0.420 e. The number of rotatable bonds is 4. The summed E-state index contributed by atoms with van der Waals surface area (Å²) < 4.78 is 130. The highest BCUT2D eigenvalue weighted by molar-refractivity contribution is 5.54. The van der Waals surface area contributed by atoms with Crippen molar-refractivity contribution >= 4 is 11.4 Å².